The highest BCUT2D eigenvalue weighted by atomic mass is 16.3. The second kappa shape index (κ2) is 3.20. The van der Waals surface area contributed by atoms with Crippen molar-refractivity contribution < 1.29 is 4.42 Å². The van der Waals surface area contributed by atoms with Crippen LogP contribution in [0.3, 0.4) is 0 Å². The second-order valence-electron chi connectivity index (χ2n) is 3.25. The van der Waals surface area contributed by atoms with Crippen LogP contribution in [0.5, 0.6) is 0 Å². The molecule has 0 saturated heterocycles. The summed E-state index contributed by atoms with van der Waals surface area (Å²) in [7, 11) is 0. The first-order valence-electron chi connectivity index (χ1n) is 4.59. The normalized spacial score (nSPS) is 10.9. The van der Waals surface area contributed by atoms with Gasteiger partial charge >= 0.3 is 0 Å². The van der Waals surface area contributed by atoms with Gasteiger partial charge in [-0.3, -0.25) is 5.10 Å². The predicted molar refractivity (Wildman–Crippen MR) is 53.2 cm³/mol. The maximum atomic E-state index is 5.26. The summed E-state index contributed by atoms with van der Waals surface area (Å²) in [6, 6.07) is 3.77. The minimum Gasteiger partial charge on any atom is -0.469 e. The SMILES string of the molecule is c1coc(Cc2nncc3cn[nH]c23)c1. The number of H-pyrrole nitrogens is 1. The molecule has 0 aliphatic carbocycles. The van der Waals surface area contributed by atoms with Crippen LogP contribution in [0.2, 0.25) is 0 Å². The zero-order valence-corrected chi connectivity index (χ0v) is 7.84. The van der Waals surface area contributed by atoms with Gasteiger partial charge in [-0.1, -0.05) is 0 Å². The van der Waals surface area contributed by atoms with Crippen molar-refractivity contribution in [3.05, 3.63) is 42.2 Å². The molecule has 15 heavy (non-hydrogen) atoms. The van der Waals surface area contributed by atoms with Gasteiger partial charge < -0.3 is 4.42 Å². The topological polar surface area (TPSA) is 67.6 Å². The molecule has 3 heterocycles. The first kappa shape index (κ1) is 8.16. The van der Waals surface area contributed by atoms with Crippen molar-refractivity contribution in [3.8, 4) is 0 Å². The van der Waals surface area contributed by atoms with E-state index in [0.29, 0.717) is 6.42 Å². The molecule has 0 aliphatic rings. The fourth-order valence-electron chi connectivity index (χ4n) is 1.54. The second-order valence-corrected chi connectivity index (χ2v) is 3.25. The van der Waals surface area contributed by atoms with Crippen molar-refractivity contribution in [2.24, 2.45) is 0 Å². The minimum absolute atomic E-state index is 0.625. The van der Waals surface area contributed by atoms with E-state index < -0.39 is 0 Å². The zero-order valence-electron chi connectivity index (χ0n) is 7.84. The number of hydrogen-bond acceptors (Lipinski definition) is 4. The lowest BCUT2D eigenvalue weighted by Gasteiger charge is -1.97. The van der Waals surface area contributed by atoms with Gasteiger partial charge in [-0.2, -0.15) is 15.3 Å². The van der Waals surface area contributed by atoms with Crippen LogP contribution in [0, 0.1) is 0 Å². The molecule has 0 aromatic carbocycles. The first-order chi connectivity index (χ1) is 7.43. The lowest BCUT2D eigenvalue weighted by atomic mass is 10.2. The molecule has 3 rings (SSSR count). The van der Waals surface area contributed by atoms with Gasteiger partial charge in [0.15, 0.2) is 0 Å². The lowest BCUT2D eigenvalue weighted by Crippen LogP contribution is -1.94. The van der Waals surface area contributed by atoms with Crippen LogP contribution >= 0.6 is 0 Å². The Morgan fingerprint density at radius 3 is 3.20 bits per heavy atom. The standard InChI is InChI=1S/C10H8N4O/c1-2-8(15-3-1)4-9-10-7(5-11-13-9)6-12-14-10/h1-3,5-6H,4H2,(H,12,14). The van der Waals surface area contributed by atoms with Crippen molar-refractivity contribution >= 4 is 10.9 Å². The quantitative estimate of drug-likeness (QED) is 0.681. The summed E-state index contributed by atoms with van der Waals surface area (Å²) in [5, 5.41) is 15.8. The Labute approximate surface area is 85.1 Å². The minimum atomic E-state index is 0.625. The third-order valence-corrected chi connectivity index (χ3v) is 2.25. The molecule has 0 unspecified atom stereocenters. The molecule has 0 aliphatic heterocycles. The molecular weight excluding hydrogens is 192 g/mol. The third kappa shape index (κ3) is 1.38. The summed E-state index contributed by atoms with van der Waals surface area (Å²) in [6.07, 6.45) is 5.69. The molecular formula is C10H8N4O. The van der Waals surface area contributed by atoms with Gasteiger partial charge in [0.05, 0.1) is 36.3 Å². The fraction of sp³-hybridized carbons (Fsp3) is 0.100. The number of aromatic amines is 1. The molecule has 1 N–H and O–H groups in total. The maximum absolute atomic E-state index is 5.26. The summed E-state index contributed by atoms with van der Waals surface area (Å²) in [5.41, 5.74) is 1.77. The van der Waals surface area contributed by atoms with Crippen LogP contribution in [0.1, 0.15) is 11.5 Å². The molecule has 74 valence electrons. The molecule has 5 nitrogen and oxygen atoms in total. The molecule has 3 aromatic rings. The van der Waals surface area contributed by atoms with E-state index in [1.807, 2.05) is 12.1 Å². The Bertz CT molecular complexity index is 570. The summed E-state index contributed by atoms with van der Waals surface area (Å²) in [6.45, 7) is 0. The van der Waals surface area contributed by atoms with Crippen LogP contribution in [0.25, 0.3) is 10.9 Å². The molecule has 3 aromatic heterocycles. The van der Waals surface area contributed by atoms with E-state index in [0.717, 1.165) is 22.4 Å². The highest BCUT2D eigenvalue weighted by Crippen LogP contribution is 2.15. The van der Waals surface area contributed by atoms with E-state index in [1.54, 1.807) is 18.7 Å². The Morgan fingerprint density at radius 2 is 2.33 bits per heavy atom. The highest BCUT2D eigenvalue weighted by Gasteiger charge is 2.07. The number of nitrogens with zero attached hydrogens (tertiary/aromatic N) is 3. The molecule has 0 bridgehead atoms. The molecule has 0 atom stereocenters. The molecule has 0 saturated carbocycles. The molecule has 5 heteroatoms. The summed E-state index contributed by atoms with van der Waals surface area (Å²) in [4.78, 5) is 0. The number of aromatic nitrogens is 4. The zero-order chi connectivity index (χ0) is 10.1. The van der Waals surface area contributed by atoms with Crippen LogP contribution in [-0.2, 0) is 6.42 Å². The number of hydrogen-bond donors (Lipinski definition) is 1. The van der Waals surface area contributed by atoms with Crippen LogP contribution in [-0.4, -0.2) is 20.4 Å². The average Bonchev–Trinajstić information content (AvgIpc) is 2.87. The first-order valence-corrected chi connectivity index (χ1v) is 4.59. The van der Waals surface area contributed by atoms with Gasteiger partial charge in [0, 0.05) is 5.39 Å². The van der Waals surface area contributed by atoms with E-state index in [-0.39, 0.29) is 0 Å². The number of fused-ring (bicyclic) bond motifs is 1. The fourth-order valence-corrected chi connectivity index (χ4v) is 1.54. The van der Waals surface area contributed by atoms with Gasteiger partial charge in [-0.15, -0.1) is 0 Å². The van der Waals surface area contributed by atoms with Gasteiger partial charge in [-0.25, -0.2) is 0 Å². The largest absolute Gasteiger partial charge is 0.469 e. The number of nitrogens with one attached hydrogen (secondary N) is 1. The van der Waals surface area contributed by atoms with Crippen molar-refractivity contribution in [1.29, 1.82) is 0 Å². The van der Waals surface area contributed by atoms with Crippen molar-refractivity contribution in [1.82, 2.24) is 20.4 Å². The van der Waals surface area contributed by atoms with E-state index in [9.17, 15) is 0 Å². The lowest BCUT2D eigenvalue weighted by molar-refractivity contribution is 0.519. The number of furan rings is 1. The molecule has 0 spiro atoms. The van der Waals surface area contributed by atoms with Gasteiger partial charge in [0.2, 0.25) is 0 Å². The van der Waals surface area contributed by atoms with E-state index >= 15 is 0 Å². The molecule has 0 fully saturated rings. The van der Waals surface area contributed by atoms with Crippen molar-refractivity contribution in [2.45, 2.75) is 6.42 Å². The van der Waals surface area contributed by atoms with Gasteiger partial charge in [-0.05, 0) is 12.1 Å². The Hall–Kier alpha value is -2.17. The molecule has 0 radical (unpaired) electrons. The average molecular weight is 200 g/mol. The van der Waals surface area contributed by atoms with Crippen LogP contribution < -0.4 is 0 Å². The van der Waals surface area contributed by atoms with Gasteiger partial charge in [0.1, 0.15) is 5.76 Å². The van der Waals surface area contributed by atoms with E-state index in [4.69, 9.17) is 4.42 Å². The maximum Gasteiger partial charge on any atom is 0.109 e. The van der Waals surface area contributed by atoms with E-state index in [2.05, 4.69) is 20.4 Å². The third-order valence-electron chi connectivity index (χ3n) is 2.25. The Kier molecular flexibility index (Phi) is 1.74. The highest BCUT2D eigenvalue weighted by molar-refractivity contribution is 5.78. The molecule has 0 amide bonds. The van der Waals surface area contributed by atoms with Crippen LogP contribution in [0.4, 0.5) is 0 Å². The summed E-state index contributed by atoms with van der Waals surface area (Å²) < 4.78 is 5.26. The smallest absolute Gasteiger partial charge is 0.109 e. The van der Waals surface area contributed by atoms with Crippen molar-refractivity contribution in [3.63, 3.8) is 0 Å². The van der Waals surface area contributed by atoms with Crippen molar-refractivity contribution in [2.75, 3.05) is 0 Å². The summed E-state index contributed by atoms with van der Waals surface area (Å²) >= 11 is 0. The Balaban J connectivity index is 2.07. The predicted octanol–water partition coefficient (Wildman–Crippen LogP) is 1.54. The monoisotopic (exact) mass is 200 g/mol. The van der Waals surface area contributed by atoms with E-state index in [1.165, 1.54) is 0 Å². The van der Waals surface area contributed by atoms with Gasteiger partial charge in [0.25, 0.3) is 0 Å². The number of rotatable bonds is 2. The Morgan fingerprint density at radius 1 is 1.33 bits per heavy atom. The van der Waals surface area contributed by atoms with Crippen LogP contribution in [0.15, 0.2) is 35.2 Å². The summed E-state index contributed by atoms with van der Waals surface area (Å²) in [5.74, 6) is 0.867.